The van der Waals surface area contributed by atoms with Gasteiger partial charge in [-0.1, -0.05) is 30.3 Å². The van der Waals surface area contributed by atoms with Gasteiger partial charge in [-0.15, -0.1) is 0 Å². The number of nitrogens with zero attached hydrogens (tertiary/aromatic N) is 4. The van der Waals surface area contributed by atoms with Gasteiger partial charge in [-0.3, -0.25) is 14.7 Å². The molecule has 1 fully saturated rings. The van der Waals surface area contributed by atoms with Crippen molar-refractivity contribution in [1.29, 1.82) is 0 Å². The molecule has 5 rings (SSSR count). The van der Waals surface area contributed by atoms with Crippen LogP contribution in [0, 0.1) is 0 Å². The van der Waals surface area contributed by atoms with Crippen LogP contribution in [-0.4, -0.2) is 44.4 Å². The largest absolute Gasteiger partial charge is 0.337 e. The van der Waals surface area contributed by atoms with Crippen molar-refractivity contribution in [3.05, 3.63) is 90.0 Å². The molecule has 0 radical (unpaired) electrons. The summed E-state index contributed by atoms with van der Waals surface area (Å²) in [5.74, 6) is 0.135. The summed E-state index contributed by atoms with van der Waals surface area (Å²) in [5.41, 5.74) is 3.24. The van der Waals surface area contributed by atoms with Gasteiger partial charge in [0.15, 0.2) is 0 Å². The molecule has 2 aliphatic rings. The molecule has 1 saturated heterocycles. The maximum atomic E-state index is 13.2. The van der Waals surface area contributed by atoms with Crippen molar-refractivity contribution in [2.75, 3.05) is 13.1 Å². The number of amides is 1. The van der Waals surface area contributed by atoms with Crippen LogP contribution in [0.25, 0.3) is 0 Å². The fraction of sp³-hybridized carbons (Fsp3) is 0.273. The van der Waals surface area contributed by atoms with E-state index in [2.05, 4.69) is 49.8 Å². The first kappa shape index (κ1) is 16.3. The number of rotatable bonds is 4. The lowest BCUT2D eigenvalue weighted by molar-refractivity contribution is 0.0556. The summed E-state index contributed by atoms with van der Waals surface area (Å²) >= 11 is 0. The third-order valence-corrected chi connectivity index (χ3v) is 5.70. The van der Waals surface area contributed by atoms with Crippen LogP contribution in [-0.2, 0) is 13.1 Å². The molecule has 5 heteroatoms. The van der Waals surface area contributed by atoms with Crippen LogP contribution in [0.4, 0.5) is 0 Å². The lowest BCUT2D eigenvalue weighted by Gasteiger charge is -2.38. The smallest absolute Gasteiger partial charge is 0.271 e. The molecule has 0 N–H and O–H groups in total. The Morgan fingerprint density at radius 2 is 1.59 bits per heavy atom. The zero-order chi connectivity index (χ0) is 18.2. The van der Waals surface area contributed by atoms with E-state index < -0.39 is 0 Å². The summed E-state index contributed by atoms with van der Waals surface area (Å²) in [7, 11) is 0. The van der Waals surface area contributed by atoms with Crippen LogP contribution < -0.4 is 0 Å². The van der Waals surface area contributed by atoms with Crippen molar-refractivity contribution in [1.82, 2.24) is 19.4 Å². The first-order valence-electron chi connectivity index (χ1n) is 9.42. The highest BCUT2D eigenvalue weighted by molar-refractivity contribution is 5.94. The van der Waals surface area contributed by atoms with Crippen molar-refractivity contribution >= 4 is 5.91 Å². The number of carbonyl (C=O) groups excluding carboxylic acids is 1. The minimum absolute atomic E-state index is 0.135. The molecular weight excluding hydrogens is 336 g/mol. The summed E-state index contributed by atoms with van der Waals surface area (Å²) in [5, 5.41) is 0. The summed E-state index contributed by atoms with van der Waals surface area (Å²) in [6.07, 6.45) is 5.74. The van der Waals surface area contributed by atoms with Crippen LogP contribution in [0.2, 0.25) is 0 Å². The SMILES string of the molecule is O=C1c2cccn2[C@H]2CN(Cc3ccncc3)C[C@H]2N1Cc1ccccc1. The fourth-order valence-corrected chi connectivity index (χ4v) is 4.43. The Labute approximate surface area is 158 Å². The lowest BCUT2D eigenvalue weighted by Crippen LogP contribution is -2.49. The molecule has 0 aliphatic carbocycles. The Kier molecular flexibility index (Phi) is 4.02. The van der Waals surface area contributed by atoms with E-state index in [0.29, 0.717) is 12.6 Å². The van der Waals surface area contributed by atoms with Gasteiger partial charge < -0.3 is 9.47 Å². The van der Waals surface area contributed by atoms with Gasteiger partial charge in [0.1, 0.15) is 5.69 Å². The second-order valence-corrected chi connectivity index (χ2v) is 7.40. The number of pyridine rings is 1. The molecule has 4 heterocycles. The first-order chi connectivity index (χ1) is 13.3. The third-order valence-electron chi connectivity index (χ3n) is 5.70. The van der Waals surface area contributed by atoms with Gasteiger partial charge in [-0.25, -0.2) is 0 Å². The molecule has 0 unspecified atom stereocenters. The Morgan fingerprint density at radius 1 is 0.852 bits per heavy atom. The Hall–Kier alpha value is -2.92. The summed E-state index contributed by atoms with van der Waals surface area (Å²) < 4.78 is 2.18. The van der Waals surface area contributed by atoms with E-state index in [1.165, 1.54) is 11.1 Å². The summed E-state index contributed by atoms with van der Waals surface area (Å²) in [6, 6.07) is 18.8. The highest BCUT2D eigenvalue weighted by Gasteiger charge is 2.44. The number of aromatic nitrogens is 2. The Bertz CT molecular complexity index is 937. The second kappa shape index (κ2) is 6.67. The standard InChI is InChI=1S/C22H22N4O/c27-22-19-7-4-12-25(19)20-15-24(13-18-8-10-23-11-9-18)16-21(20)26(22)14-17-5-2-1-3-6-17/h1-12,20-21H,13-16H2/t20-,21+/m0/s1. The zero-order valence-corrected chi connectivity index (χ0v) is 15.1. The van der Waals surface area contributed by atoms with Gasteiger partial charge in [0.2, 0.25) is 0 Å². The quantitative estimate of drug-likeness (QED) is 0.720. The molecule has 2 aliphatic heterocycles. The predicted molar refractivity (Wildman–Crippen MR) is 103 cm³/mol. The van der Waals surface area contributed by atoms with E-state index in [0.717, 1.165) is 25.3 Å². The molecule has 0 saturated carbocycles. The number of likely N-dealkylation sites (tertiary alicyclic amines) is 1. The number of hydrogen-bond donors (Lipinski definition) is 0. The topological polar surface area (TPSA) is 41.4 Å². The highest BCUT2D eigenvalue weighted by Crippen LogP contribution is 2.35. The van der Waals surface area contributed by atoms with Crippen molar-refractivity contribution in [3.63, 3.8) is 0 Å². The fourth-order valence-electron chi connectivity index (χ4n) is 4.43. The predicted octanol–water partition coefficient (Wildman–Crippen LogP) is 2.96. The van der Waals surface area contributed by atoms with Crippen LogP contribution in [0.3, 0.4) is 0 Å². The van der Waals surface area contributed by atoms with Crippen molar-refractivity contribution in [2.24, 2.45) is 0 Å². The third kappa shape index (κ3) is 2.94. The van der Waals surface area contributed by atoms with Gasteiger partial charge in [0, 0.05) is 44.8 Å². The highest BCUT2D eigenvalue weighted by atomic mass is 16.2. The summed E-state index contributed by atoms with van der Waals surface area (Å²) in [4.78, 5) is 21.8. The average molecular weight is 358 g/mol. The van der Waals surface area contributed by atoms with E-state index in [1.54, 1.807) is 0 Å². The monoisotopic (exact) mass is 358 g/mol. The summed E-state index contributed by atoms with van der Waals surface area (Å²) in [6.45, 7) is 3.39. The van der Waals surface area contributed by atoms with Crippen LogP contribution in [0.5, 0.6) is 0 Å². The number of hydrogen-bond acceptors (Lipinski definition) is 3. The first-order valence-corrected chi connectivity index (χ1v) is 9.42. The van der Waals surface area contributed by atoms with Gasteiger partial charge in [-0.2, -0.15) is 0 Å². The molecule has 1 aromatic carbocycles. The number of benzene rings is 1. The molecule has 27 heavy (non-hydrogen) atoms. The lowest BCUT2D eigenvalue weighted by atomic mass is 10.0. The Morgan fingerprint density at radius 3 is 2.41 bits per heavy atom. The zero-order valence-electron chi connectivity index (χ0n) is 15.1. The average Bonchev–Trinajstić information content (AvgIpc) is 3.34. The number of fused-ring (bicyclic) bond motifs is 3. The molecule has 2 atom stereocenters. The normalized spacial score (nSPS) is 21.9. The van der Waals surface area contributed by atoms with E-state index in [9.17, 15) is 4.79 Å². The van der Waals surface area contributed by atoms with Gasteiger partial charge in [0.25, 0.3) is 5.91 Å². The Balaban J connectivity index is 1.44. The van der Waals surface area contributed by atoms with E-state index >= 15 is 0 Å². The van der Waals surface area contributed by atoms with Gasteiger partial charge >= 0.3 is 0 Å². The maximum absolute atomic E-state index is 13.2. The minimum Gasteiger partial charge on any atom is -0.337 e. The maximum Gasteiger partial charge on any atom is 0.271 e. The van der Waals surface area contributed by atoms with Crippen molar-refractivity contribution in [2.45, 2.75) is 25.2 Å². The van der Waals surface area contributed by atoms with Crippen LogP contribution in [0.15, 0.2) is 73.2 Å². The van der Waals surface area contributed by atoms with Crippen LogP contribution in [0.1, 0.15) is 27.7 Å². The van der Waals surface area contributed by atoms with Gasteiger partial charge in [0.05, 0.1) is 12.1 Å². The number of carbonyl (C=O) groups is 1. The molecule has 5 nitrogen and oxygen atoms in total. The minimum atomic E-state index is 0.135. The van der Waals surface area contributed by atoms with Gasteiger partial charge in [-0.05, 0) is 35.4 Å². The molecule has 0 bridgehead atoms. The van der Waals surface area contributed by atoms with Crippen molar-refractivity contribution < 1.29 is 4.79 Å². The molecule has 2 aromatic heterocycles. The molecule has 0 spiro atoms. The van der Waals surface area contributed by atoms with E-state index in [1.807, 2.05) is 42.7 Å². The van der Waals surface area contributed by atoms with Crippen LogP contribution >= 0.6 is 0 Å². The van der Waals surface area contributed by atoms with E-state index in [-0.39, 0.29) is 11.9 Å². The van der Waals surface area contributed by atoms with E-state index in [4.69, 9.17) is 0 Å². The molecule has 136 valence electrons. The molecular formula is C22H22N4O. The second-order valence-electron chi connectivity index (χ2n) is 7.40. The van der Waals surface area contributed by atoms with Crippen molar-refractivity contribution in [3.8, 4) is 0 Å². The molecule has 3 aromatic rings. The molecule has 1 amide bonds.